The molecule has 3 aromatic carbocycles. The molecule has 0 aliphatic rings. The Morgan fingerprint density at radius 1 is 0.880 bits per heavy atom. The molecular formula is C21H21NO2S. The molecule has 0 saturated heterocycles. The number of nitrogens with one attached hydrogen (secondary N) is 1. The molecular weight excluding hydrogens is 330 g/mol. The Kier molecular flexibility index (Phi) is 4.21. The average molecular weight is 351 g/mol. The Morgan fingerprint density at radius 2 is 1.60 bits per heavy atom. The average Bonchev–Trinajstić information content (AvgIpc) is 3.09. The molecule has 0 bridgehead atoms. The van der Waals surface area contributed by atoms with Crippen LogP contribution in [0.4, 0.5) is 0 Å². The number of benzene rings is 3. The SMILES string of the molecule is CC(CO)(CO)NCc1csc2c1ccc1c3ccccc3ccc12. The highest BCUT2D eigenvalue weighted by Crippen LogP contribution is 2.36. The van der Waals surface area contributed by atoms with E-state index in [4.69, 9.17) is 0 Å². The van der Waals surface area contributed by atoms with E-state index in [1.807, 2.05) is 6.92 Å². The maximum absolute atomic E-state index is 9.45. The number of aliphatic hydroxyl groups is 2. The third-order valence-corrected chi connectivity index (χ3v) is 6.02. The van der Waals surface area contributed by atoms with E-state index in [1.54, 1.807) is 11.3 Å². The predicted molar refractivity (Wildman–Crippen MR) is 106 cm³/mol. The summed E-state index contributed by atoms with van der Waals surface area (Å²) in [6.07, 6.45) is 0. The number of hydrogen-bond acceptors (Lipinski definition) is 4. The van der Waals surface area contributed by atoms with Gasteiger partial charge in [-0.05, 0) is 39.4 Å². The van der Waals surface area contributed by atoms with E-state index < -0.39 is 5.54 Å². The Hall–Kier alpha value is -1.98. The van der Waals surface area contributed by atoms with Gasteiger partial charge in [-0.25, -0.2) is 0 Å². The topological polar surface area (TPSA) is 52.5 Å². The van der Waals surface area contributed by atoms with Crippen molar-refractivity contribution < 1.29 is 10.2 Å². The summed E-state index contributed by atoms with van der Waals surface area (Å²) < 4.78 is 1.29. The normalized spacial score (nSPS) is 12.4. The van der Waals surface area contributed by atoms with Gasteiger partial charge in [0.1, 0.15) is 0 Å². The third-order valence-electron chi connectivity index (χ3n) is 4.95. The molecule has 1 heterocycles. The van der Waals surface area contributed by atoms with Gasteiger partial charge in [0.25, 0.3) is 0 Å². The summed E-state index contributed by atoms with van der Waals surface area (Å²) in [4.78, 5) is 0. The largest absolute Gasteiger partial charge is 0.394 e. The van der Waals surface area contributed by atoms with E-state index in [0.29, 0.717) is 6.54 Å². The molecule has 1 aromatic heterocycles. The van der Waals surface area contributed by atoms with Crippen LogP contribution in [0.5, 0.6) is 0 Å². The van der Waals surface area contributed by atoms with Crippen LogP contribution in [-0.2, 0) is 6.54 Å². The molecule has 0 aliphatic carbocycles. The van der Waals surface area contributed by atoms with Gasteiger partial charge >= 0.3 is 0 Å². The van der Waals surface area contributed by atoms with E-state index in [2.05, 4.69) is 59.2 Å². The zero-order valence-electron chi connectivity index (χ0n) is 14.1. The molecule has 4 rings (SSSR count). The minimum Gasteiger partial charge on any atom is -0.394 e. The third kappa shape index (κ3) is 2.81. The lowest BCUT2D eigenvalue weighted by atomic mass is 9.99. The molecule has 0 aliphatic heterocycles. The summed E-state index contributed by atoms with van der Waals surface area (Å²) in [5.41, 5.74) is 0.532. The molecule has 0 fully saturated rings. The van der Waals surface area contributed by atoms with Crippen LogP contribution in [0.3, 0.4) is 0 Å². The van der Waals surface area contributed by atoms with Crippen molar-refractivity contribution in [2.45, 2.75) is 19.0 Å². The maximum Gasteiger partial charge on any atom is 0.0633 e. The Morgan fingerprint density at radius 3 is 2.40 bits per heavy atom. The van der Waals surface area contributed by atoms with Crippen molar-refractivity contribution in [1.29, 1.82) is 0 Å². The van der Waals surface area contributed by atoms with Crippen LogP contribution in [-0.4, -0.2) is 29.0 Å². The number of rotatable bonds is 5. The maximum atomic E-state index is 9.45. The molecule has 0 unspecified atom stereocenters. The van der Waals surface area contributed by atoms with Gasteiger partial charge in [-0.3, -0.25) is 0 Å². The quantitative estimate of drug-likeness (QED) is 0.476. The first-order valence-electron chi connectivity index (χ1n) is 8.42. The highest BCUT2D eigenvalue weighted by molar-refractivity contribution is 7.18. The van der Waals surface area contributed by atoms with Gasteiger partial charge in [-0.1, -0.05) is 48.5 Å². The standard InChI is InChI=1S/C21H21NO2S/c1-21(12-23,13-24)22-10-15-11-25-20-17(15)8-9-18-16-5-3-2-4-14(16)6-7-19(18)20/h2-9,11,22-24H,10,12-13H2,1H3. The molecule has 3 nitrogen and oxygen atoms in total. The fraction of sp³-hybridized carbons (Fsp3) is 0.238. The second-order valence-corrected chi connectivity index (χ2v) is 7.70. The van der Waals surface area contributed by atoms with Crippen LogP contribution in [0.2, 0.25) is 0 Å². The number of thiophene rings is 1. The van der Waals surface area contributed by atoms with Crippen LogP contribution in [0, 0.1) is 0 Å². The summed E-state index contributed by atoms with van der Waals surface area (Å²) in [6.45, 7) is 2.25. The molecule has 25 heavy (non-hydrogen) atoms. The predicted octanol–water partition coefficient (Wildman–Crippen LogP) is 4.04. The fourth-order valence-electron chi connectivity index (χ4n) is 3.24. The molecule has 128 valence electrons. The van der Waals surface area contributed by atoms with Crippen LogP contribution >= 0.6 is 11.3 Å². The molecule has 0 radical (unpaired) electrons. The van der Waals surface area contributed by atoms with E-state index in [9.17, 15) is 10.2 Å². The second-order valence-electron chi connectivity index (χ2n) is 6.82. The Balaban J connectivity index is 1.80. The van der Waals surface area contributed by atoms with Gasteiger partial charge in [0, 0.05) is 16.6 Å². The van der Waals surface area contributed by atoms with Crippen LogP contribution in [0.1, 0.15) is 12.5 Å². The first kappa shape index (κ1) is 16.5. The first-order valence-corrected chi connectivity index (χ1v) is 9.30. The summed E-state index contributed by atoms with van der Waals surface area (Å²) in [5, 5.41) is 30.7. The van der Waals surface area contributed by atoms with Crippen molar-refractivity contribution in [1.82, 2.24) is 5.32 Å². The first-order chi connectivity index (χ1) is 12.1. The lowest BCUT2D eigenvalue weighted by Crippen LogP contribution is -2.48. The minimum atomic E-state index is -0.665. The van der Waals surface area contributed by atoms with Gasteiger partial charge in [0.15, 0.2) is 0 Å². The molecule has 0 atom stereocenters. The van der Waals surface area contributed by atoms with Crippen molar-refractivity contribution in [2.24, 2.45) is 0 Å². The number of hydrogen-bond donors (Lipinski definition) is 3. The van der Waals surface area contributed by atoms with Crippen LogP contribution in [0.25, 0.3) is 31.6 Å². The van der Waals surface area contributed by atoms with Crippen LogP contribution < -0.4 is 5.32 Å². The molecule has 0 saturated carbocycles. The zero-order chi connectivity index (χ0) is 17.4. The lowest BCUT2D eigenvalue weighted by molar-refractivity contribution is 0.103. The molecule has 3 N–H and O–H groups in total. The number of fused-ring (bicyclic) bond motifs is 5. The van der Waals surface area contributed by atoms with Crippen molar-refractivity contribution in [2.75, 3.05) is 13.2 Å². The summed E-state index contributed by atoms with van der Waals surface area (Å²) >= 11 is 1.75. The lowest BCUT2D eigenvalue weighted by Gasteiger charge is -2.26. The highest BCUT2D eigenvalue weighted by Gasteiger charge is 2.21. The highest BCUT2D eigenvalue weighted by atomic mass is 32.1. The van der Waals surface area contributed by atoms with Gasteiger partial charge in [-0.15, -0.1) is 11.3 Å². The molecule has 4 aromatic rings. The summed E-state index contributed by atoms with van der Waals surface area (Å²) in [7, 11) is 0. The van der Waals surface area contributed by atoms with Crippen molar-refractivity contribution >= 4 is 43.0 Å². The van der Waals surface area contributed by atoms with Gasteiger partial charge in [0.05, 0.1) is 18.8 Å². The summed E-state index contributed by atoms with van der Waals surface area (Å²) in [6, 6.07) is 17.3. The van der Waals surface area contributed by atoms with Crippen molar-refractivity contribution in [3.8, 4) is 0 Å². The molecule has 0 amide bonds. The van der Waals surface area contributed by atoms with E-state index in [0.717, 1.165) is 0 Å². The van der Waals surface area contributed by atoms with Crippen molar-refractivity contribution in [3.05, 3.63) is 59.5 Å². The molecule has 0 spiro atoms. The minimum absolute atomic E-state index is 0.0967. The smallest absolute Gasteiger partial charge is 0.0633 e. The van der Waals surface area contributed by atoms with E-state index in [-0.39, 0.29) is 13.2 Å². The van der Waals surface area contributed by atoms with E-state index in [1.165, 1.54) is 37.2 Å². The Labute approximate surface area is 150 Å². The zero-order valence-corrected chi connectivity index (χ0v) is 14.9. The van der Waals surface area contributed by atoms with Gasteiger partial charge in [0.2, 0.25) is 0 Å². The number of aliphatic hydroxyl groups excluding tert-OH is 2. The van der Waals surface area contributed by atoms with E-state index >= 15 is 0 Å². The van der Waals surface area contributed by atoms with Gasteiger partial charge < -0.3 is 15.5 Å². The van der Waals surface area contributed by atoms with Gasteiger partial charge in [-0.2, -0.15) is 0 Å². The molecule has 4 heteroatoms. The Bertz CT molecular complexity index is 1050. The van der Waals surface area contributed by atoms with Crippen LogP contribution in [0.15, 0.2) is 53.9 Å². The summed E-state index contributed by atoms with van der Waals surface area (Å²) in [5.74, 6) is 0. The second kappa shape index (κ2) is 6.39. The fourth-order valence-corrected chi connectivity index (χ4v) is 4.34. The van der Waals surface area contributed by atoms with Crippen molar-refractivity contribution in [3.63, 3.8) is 0 Å². The monoisotopic (exact) mass is 351 g/mol.